The van der Waals surface area contributed by atoms with Gasteiger partial charge in [0, 0.05) is 23.6 Å². The molecule has 31 heavy (non-hydrogen) atoms. The van der Waals surface area contributed by atoms with Gasteiger partial charge in [0.15, 0.2) is 11.6 Å². The lowest BCUT2D eigenvalue weighted by Gasteiger charge is -2.39. The minimum Gasteiger partial charge on any atom is -0.484 e. The Hall–Kier alpha value is -3.74. The second kappa shape index (κ2) is 8.95. The summed E-state index contributed by atoms with van der Waals surface area (Å²) in [6, 6.07) is 15.0. The fraction of sp³-hybridized carbons (Fsp3) is 0.208. The molecular formula is C24H22FN3O3. The average Bonchev–Trinajstić information content (AvgIpc) is 2.73. The Kier molecular flexibility index (Phi) is 5.93. The lowest BCUT2D eigenvalue weighted by Crippen LogP contribution is -2.56. The van der Waals surface area contributed by atoms with Crippen molar-refractivity contribution in [1.29, 1.82) is 0 Å². The molecule has 1 saturated heterocycles. The average molecular weight is 419 g/mol. The van der Waals surface area contributed by atoms with E-state index in [1.165, 1.54) is 6.07 Å². The number of hydrogen-bond acceptors (Lipinski definition) is 4. The molecule has 0 aliphatic carbocycles. The Morgan fingerprint density at radius 2 is 1.87 bits per heavy atom. The lowest BCUT2D eigenvalue weighted by atomic mass is 10.1. The van der Waals surface area contributed by atoms with Gasteiger partial charge >= 0.3 is 0 Å². The van der Waals surface area contributed by atoms with Gasteiger partial charge in [0.2, 0.25) is 5.91 Å². The zero-order valence-corrected chi connectivity index (χ0v) is 17.0. The minimum atomic E-state index is -0.419. The number of nitrogens with zero attached hydrogens (tertiary/aromatic N) is 2. The number of carbonyl (C=O) groups excluding carboxylic acids is 2. The molecule has 1 N–H and O–H groups in total. The molecule has 2 heterocycles. The van der Waals surface area contributed by atoms with E-state index in [1.54, 1.807) is 59.8 Å². The molecule has 0 unspecified atom stereocenters. The second-order valence-corrected chi connectivity index (χ2v) is 7.49. The van der Waals surface area contributed by atoms with Gasteiger partial charge in [-0.05, 0) is 54.4 Å². The van der Waals surface area contributed by atoms with E-state index < -0.39 is 5.82 Å². The van der Waals surface area contributed by atoms with E-state index >= 15 is 0 Å². The SMILES string of the molecule is Cc1ccc(C(=O)N2CC(Oc3ccccc3F)C2)cc1NC(=O)Cc1ccncc1. The summed E-state index contributed by atoms with van der Waals surface area (Å²) >= 11 is 0. The molecule has 1 aromatic heterocycles. The summed E-state index contributed by atoms with van der Waals surface area (Å²) in [5.74, 6) is -0.550. The van der Waals surface area contributed by atoms with Crippen molar-refractivity contribution < 1.29 is 18.7 Å². The maximum Gasteiger partial charge on any atom is 0.254 e. The number of ether oxygens (including phenoxy) is 1. The van der Waals surface area contributed by atoms with Gasteiger partial charge < -0.3 is 15.0 Å². The Morgan fingerprint density at radius 1 is 1.13 bits per heavy atom. The number of nitrogens with one attached hydrogen (secondary N) is 1. The van der Waals surface area contributed by atoms with Gasteiger partial charge in [-0.1, -0.05) is 18.2 Å². The van der Waals surface area contributed by atoms with Crippen LogP contribution in [0.1, 0.15) is 21.5 Å². The first-order chi connectivity index (χ1) is 15.0. The number of amides is 2. The van der Waals surface area contributed by atoms with E-state index in [0.29, 0.717) is 24.3 Å². The number of carbonyl (C=O) groups is 2. The third-order valence-electron chi connectivity index (χ3n) is 5.14. The van der Waals surface area contributed by atoms with E-state index in [0.717, 1.165) is 11.1 Å². The molecule has 1 aliphatic heterocycles. The molecule has 4 rings (SSSR count). The standard InChI is InChI=1S/C24H22FN3O3/c1-16-6-7-18(13-21(16)27-23(29)12-17-8-10-26-11-9-17)24(30)28-14-19(15-28)31-22-5-3-2-4-20(22)25/h2-11,13,19H,12,14-15H2,1H3,(H,27,29). The zero-order chi connectivity index (χ0) is 21.8. The van der Waals surface area contributed by atoms with Gasteiger partial charge in [0.05, 0.1) is 19.5 Å². The Morgan fingerprint density at radius 3 is 2.61 bits per heavy atom. The highest BCUT2D eigenvalue weighted by atomic mass is 19.1. The van der Waals surface area contributed by atoms with Gasteiger partial charge in [0.25, 0.3) is 5.91 Å². The molecule has 0 atom stereocenters. The first kappa shape index (κ1) is 20.5. The topological polar surface area (TPSA) is 71.5 Å². The predicted molar refractivity (Wildman–Crippen MR) is 114 cm³/mol. The smallest absolute Gasteiger partial charge is 0.254 e. The highest BCUT2D eigenvalue weighted by molar-refractivity contribution is 5.98. The number of pyridine rings is 1. The quantitative estimate of drug-likeness (QED) is 0.663. The number of hydrogen-bond donors (Lipinski definition) is 1. The van der Waals surface area contributed by atoms with Gasteiger partial charge in [0.1, 0.15) is 6.10 Å². The van der Waals surface area contributed by atoms with Crippen LogP contribution in [0, 0.1) is 12.7 Å². The molecule has 0 saturated carbocycles. The highest BCUT2D eigenvalue weighted by Gasteiger charge is 2.33. The van der Waals surface area contributed by atoms with Crippen LogP contribution in [-0.2, 0) is 11.2 Å². The number of rotatable bonds is 6. The molecule has 0 spiro atoms. The molecule has 0 bridgehead atoms. The fourth-order valence-corrected chi connectivity index (χ4v) is 3.35. The third kappa shape index (κ3) is 4.88. The number of aryl methyl sites for hydroxylation is 1. The van der Waals surface area contributed by atoms with E-state index in [4.69, 9.17) is 4.74 Å². The van der Waals surface area contributed by atoms with Crippen molar-refractivity contribution in [2.24, 2.45) is 0 Å². The van der Waals surface area contributed by atoms with Crippen molar-refractivity contribution in [3.8, 4) is 5.75 Å². The molecule has 2 aromatic carbocycles. The summed E-state index contributed by atoms with van der Waals surface area (Å²) in [5, 5.41) is 2.88. The van der Waals surface area contributed by atoms with Gasteiger partial charge in [-0.15, -0.1) is 0 Å². The Labute approximate surface area is 179 Å². The van der Waals surface area contributed by atoms with E-state index in [1.807, 2.05) is 13.0 Å². The van der Waals surface area contributed by atoms with Crippen molar-refractivity contribution in [3.05, 3.63) is 89.5 Å². The molecule has 1 aliphatic rings. The van der Waals surface area contributed by atoms with Crippen LogP contribution in [0.5, 0.6) is 5.75 Å². The number of halogens is 1. The number of aromatic nitrogens is 1. The van der Waals surface area contributed by atoms with Crippen LogP contribution < -0.4 is 10.1 Å². The first-order valence-corrected chi connectivity index (χ1v) is 9.99. The number of benzene rings is 2. The van der Waals surface area contributed by atoms with Gasteiger partial charge in [-0.25, -0.2) is 4.39 Å². The summed E-state index contributed by atoms with van der Waals surface area (Å²) in [6.45, 7) is 2.63. The number of anilines is 1. The van der Waals surface area contributed by atoms with Gasteiger partial charge in [-0.3, -0.25) is 14.6 Å². The molecule has 158 valence electrons. The van der Waals surface area contributed by atoms with Crippen molar-refractivity contribution in [1.82, 2.24) is 9.88 Å². The minimum absolute atomic E-state index is 0.155. The molecule has 2 amide bonds. The largest absolute Gasteiger partial charge is 0.484 e. The molecule has 6 nitrogen and oxygen atoms in total. The summed E-state index contributed by atoms with van der Waals surface area (Å²) < 4.78 is 19.3. The van der Waals surface area contributed by atoms with Crippen LogP contribution in [0.4, 0.5) is 10.1 Å². The maximum atomic E-state index is 13.7. The van der Waals surface area contributed by atoms with E-state index in [2.05, 4.69) is 10.3 Å². The highest BCUT2D eigenvalue weighted by Crippen LogP contribution is 2.24. The third-order valence-corrected chi connectivity index (χ3v) is 5.14. The van der Waals surface area contributed by atoms with Crippen LogP contribution in [0.15, 0.2) is 67.0 Å². The van der Waals surface area contributed by atoms with Crippen LogP contribution in [0.3, 0.4) is 0 Å². The molecular weight excluding hydrogens is 397 g/mol. The zero-order valence-electron chi connectivity index (χ0n) is 17.0. The molecule has 1 fully saturated rings. The van der Waals surface area contributed by atoms with Crippen molar-refractivity contribution >= 4 is 17.5 Å². The van der Waals surface area contributed by atoms with Crippen molar-refractivity contribution in [3.63, 3.8) is 0 Å². The summed E-state index contributed by atoms with van der Waals surface area (Å²) in [7, 11) is 0. The van der Waals surface area contributed by atoms with Crippen LogP contribution in [0.25, 0.3) is 0 Å². The summed E-state index contributed by atoms with van der Waals surface area (Å²) in [6.07, 6.45) is 3.26. The Bertz CT molecular complexity index is 1100. The predicted octanol–water partition coefficient (Wildman–Crippen LogP) is 3.61. The number of para-hydroxylation sites is 1. The van der Waals surface area contributed by atoms with E-state index in [-0.39, 0.29) is 30.1 Å². The monoisotopic (exact) mass is 419 g/mol. The lowest BCUT2D eigenvalue weighted by molar-refractivity contribution is -0.115. The first-order valence-electron chi connectivity index (χ1n) is 9.99. The second-order valence-electron chi connectivity index (χ2n) is 7.49. The van der Waals surface area contributed by atoms with Crippen LogP contribution in [0.2, 0.25) is 0 Å². The maximum absolute atomic E-state index is 13.7. The van der Waals surface area contributed by atoms with E-state index in [9.17, 15) is 14.0 Å². The van der Waals surface area contributed by atoms with Crippen LogP contribution >= 0.6 is 0 Å². The van der Waals surface area contributed by atoms with Gasteiger partial charge in [-0.2, -0.15) is 0 Å². The van der Waals surface area contributed by atoms with Crippen molar-refractivity contribution in [2.75, 3.05) is 18.4 Å². The summed E-state index contributed by atoms with van der Waals surface area (Å²) in [5.41, 5.74) is 2.81. The summed E-state index contributed by atoms with van der Waals surface area (Å²) in [4.78, 5) is 30.8. The fourth-order valence-electron chi connectivity index (χ4n) is 3.35. The molecule has 3 aromatic rings. The molecule has 7 heteroatoms. The Balaban J connectivity index is 1.36. The molecule has 0 radical (unpaired) electrons. The number of likely N-dealkylation sites (tertiary alicyclic amines) is 1. The van der Waals surface area contributed by atoms with Crippen molar-refractivity contribution in [2.45, 2.75) is 19.4 Å². The normalized spacial score (nSPS) is 13.4. The van der Waals surface area contributed by atoms with Crippen LogP contribution in [-0.4, -0.2) is 40.9 Å².